The van der Waals surface area contributed by atoms with E-state index in [1.807, 2.05) is 190 Å². The van der Waals surface area contributed by atoms with E-state index in [9.17, 15) is 19.2 Å². The molecule has 0 aliphatic carbocycles. The van der Waals surface area contributed by atoms with Gasteiger partial charge in [-0.15, -0.1) is 25.5 Å². The van der Waals surface area contributed by atoms with E-state index in [-0.39, 0.29) is 29.9 Å². The van der Waals surface area contributed by atoms with E-state index in [1.165, 1.54) is 35.4 Å². The first-order valence-electron chi connectivity index (χ1n) is 47.6. The minimum absolute atomic E-state index is 0.218. The van der Waals surface area contributed by atoms with Gasteiger partial charge in [-0.1, -0.05) is 170 Å². The van der Waals surface area contributed by atoms with Crippen LogP contribution in [0.1, 0.15) is 189 Å². The number of nitrogens with zero attached hydrogens (tertiary/aromatic N) is 15. The van der Waals surface area contributed by atoms with Crippen LogP contribution in [0.15, 0.2) is 243 Å². The maximum Gasteiger partial charge on any atom is 0.488 e. The van der Waals surface area contributed by atoms with Crippen molar-refractivity contribution < 1.29 is 67.1 Å². The van der Waals surface area contributed by atoms with Crippen molar-refractivity contribution in [3.05, 3.63) is 298 Å². The van der Waals surface area contributed by atoms with E-state index >= 15 is 0 Å². The number of benzene rings is 9. The van der Waals surface area contributed by atoms with E-state index in [2.05, 4.69) is 165 Å². The average molecular weight is 1900 g/mol. The molecular formula is C108H115BN18O14. The van der Waals surface area contributed by atoms with Gasteiger partial charge in [-0.3, -0.25) is 4.79 Å². The molecule has 3 aromatic heterocycles. The van der Waals surface area contributed by atoms with Gasteiger partial charge in [-0.2, -0.15) is 21.0 Å². The van der Waals surface area contributed by atoms with Crippen LogP contribution >= 0.6 is 0 Å². The molecule has 0 bridgehead atoms. The Kier molecular flexibility index (Phi) is 30.0. The molecule has 0 atom stereocenters. The summed E-state index contributed by atoms with van der Waals surface area (Å²) >= 11 is 0. The van der Waals surface area contributed by atoms with Crippen LogP contribution in [0.3, 0.4) is 0 Å². The van der Waals surface area contributed by atoms with Gasteiger partial charge in [0.1, 0.15) is 62.2 Å². The molecule has 4 spiro atoms. The first-order valence-corrected chi connectivity index (χ1v) is 47.6. The number of aromatic nitrogens is 12. The lowest BCUT2D eigenvalue weighted by atomic mass is 9.80. The Morgan fingerprint density at radius 1 is 0.418 bits per heavy atom. The van der Waals surface area contributed by atoms with Gasteiger partial charge < -0.3 is 68.0 Å². The third kappa shape index (κ3) is 24.5. The number of para-hydroxylation sites is 4. The van der Waals surface area contributed by atoms with Gasteiger partial charge in [-0.05, 0) is 232 Å². The number of aryl methyl sites for hydroxylation is 1. The van der Waals surface area contributed by atoms with Crippen LogP contribution in [0.5, 0.6) is 23.0 Å². The highest BCUT2D eigenvalue weighted by Gasteiger charge is 2.46. The maximum atomic E-state index is 12.6. The Balaban J connectivity index is 0.000000132. The van der Waals surface area contributed by atoms with E-state index in [4.69, 9.17) is 58.5 Å². The molecule has 4 saturated heterocycles. The third-order valence-corrected chi connectivity index (χ3v) is 25.1. The number of carbonyl (C=O) groups excluding carboxylic acids is 4. The van der Waals surface area contributed by atoms with Gasteiger partial charge in [0.15, 0.2) is 5.82 Å². The van der Waals surface area contributed by atoms with Crippen LogP contribution in [0.25, 0.3) is 56.5 Å². The highest BCUT2D eigenvalue weighted by atomic mass is 16.6. The molecule has 5 N–H and O–H groups in total. The zero-order valence-electron chi connectivity index (χ0n) is 80.8. The lowest BCUT2D eigenvalue weighted by Gasteiger charge is -2.43. The van der Waals surface area contributed by atoms with Crippen molar-refractivity contribution in [3.63, 3.8) is 0 Å². The Labute approximate surface area is 819 Å². The molecule has 8 aliphatic rings. The van der Waals surface area contributed by atoms with E-state index in [0.717, 1.165) is 121 Å². The van der Waals surface area contributed by atoms with Crippen molar-refractivity contribution >= 4 is 59.1 Å². The molecule has 12 aromatic rings. The number of ether oxygens (including phenoxy) is 8. The van der Waals surface area contributed by atoms with Crippen molar-refractivity contribution in [1.29, 1.82) is 10.5 Å². The highest BCUT2D eigenvalue weighted by molar-refractivity contribution is 6.58. The number of amides is 3. The van der Waals surface area contributed by atoms with Crippen molar-refractivity contribution in [2.75, 3.05) is 59.0 Å². The van der Waals surface area contributed by atoms with Crippen molar-refractivity contribution in [2.24, 2.45) is 0 Å². The fraction of sp³-hybridized carbons (Fsp3) is 0.343. The smallest absolute Gasteiger partial charge is 0.482 e. The van der Waals surface area contributed by atoms with Gasteiger partial charge in [0.25, 0.3) is 0 Å². The molecule has 0 unspecified atom stereocenters. The summed E-state index contributed by atoms with van der Waals surface area (Å²) in [5, 5.41) is 78.9. The minimum Gasteiger partial charge on any atom is -0.482 e. The van der Waals surface area contributed by atoms with Crippen LogP contribution < -0.4 is 29.7 Å². The molecule has 0 radical (unpaired) electrons. The van der Waals surface area contributed by atoms with E-state index in [1.54, 1.807) is 26.3 Å². The van der Waals surface area contributed by atoms with Crippen LogP contribution in [-0.2, 0) is 30.3 Å². The number of hydrogen-bond acceptors (Lipinski definition) is 26. The molecule has 3 amide bonds. The number of nitrogens with one attached hydrogen (secondary N) is 3. The topological polar surface area (TPSA) is 404 Å². The van der Waals surface area contributed by atoms with Gasteiger partial charge in [0.05, 0.1) is 29.9 Å². The predicted octanol–water partition coefficient (Wildman–Crippen LogP) is 16.9. The Morgan fingerprint density at radius 2 is 0.730 bits per heavy atom. The van der Waals surface area contributed by atoms with Crippen LogP contribution in [0, 0.1) is 22.7 Å². The third-order valence-electron chi connectivity index (χ3n) is 25.1. The van der Waals surface area contributed by atoms with Crippen molar-refractivity contribution in [1.82, 2.24) is 81.5 Å². The first-order chi connectivity index (χ1) is 67.8. The summed E-state index contributed by atoms with van der Waals surface area (Å²) in [4.78, 5) is 54.6. The molecule has 9 aromatic carbocycles. The summed E-state index contributed by atoms with van der Waals surface area (Å²) in [5.74, 6) is 5.12. The van der Waals surface area contributed by atoms with E-state index in [0.29, 0.717) is 138 Å². The number of carbonyl (C=O) groups is 4. The normalized spacial score (nSPS) is 16.4. The van der Waals surface area contributed by atoms with Crippen molar-refractivity contribution in [3.8, 4) is 69.3 Å². The van der Waals surface area contributed by atoms with E-state index < -0.39 is 40.7 Å². The molecule has 8 aliphatic heterocycles. The second kappa shape index (κ2) is 42.9. The molecule has 33 heteroatoms. The number of H-pyrrole nitrogens is 2. The number of nitriles is 2. The number of piperidine rings is 4. The van der Waals surface area contributed by atoms with Crippen LogP contribution in [-0.4, -0.2) is 216 Å². The SMILES string of the molecule is C1=C(c2ccc(-c3nn[nH]n3)cc2)c2ccccc2OC12CCNCC2.CC(C)(C)OC(=O)N1CCC2(C=C(c3ccc(-c4nn[nH]n4)cc3)c3ccccc3O2)CC1.CC(C)(C)OC(=O)N1CCC2(C=C(c3ccc(C#N)cc3)c3ccccc3O2)CC1.CCOC(=O)CCCn1nnnc1-c1ccc(C2=CC3(CCN(C(=O)OC(C)(C)C)CC3)Oc3ccccc32)cc1.N#Cc1ccc(B(O)O)cc1. The lowest BCUT2D eigenvalue weighted by Crippen LogP contribution is -2.50. The number of hydrogen-bond donors (Lipinski definition) is 5. The average Bonchev–Trinajstić information content (AvgIpc) is 1.30. The number of likely N-dealkylation sites (tertiary alicyclic amines) is 3. The summed E-state index contributed by atoms with van der Waals surface area (Å²) in [5.41, 5.74) is 14.3. The summed E-state index contributed by atoms with van der Waals surface area (Å²) in [6.45, 7) is 25.0. The van der Waals surface area contributed by atoms with Gasteiger partial charge in [-0.25, -0.2) is 19.1 Å². The summed E-state index contributed by atoms with van der Waals surface area (Å²) in [6, 6.07) is 74.9. The minimum atomic E-state index is -1.46. The maximum absolute atomic E-state index is 12.6. The molecule has 0 saturated carbocycles. The second-order valence-corrected chi connectivity index (χ2v) is 38.7. The molecular weight excluding hydrogens is 1780 g/mol. The fourth-order valence-corrected chi connectivity index (χ4v) is 18.0. The van der Waals surface area contributed by atoms with Crippen LogP contribution in [0.2, 0.25) is 0 Å². The van der Waals surface area contributed by atoms with Gasteiger partial charge in [0, 0.05) is 143 Å². The van der Waals surface area contributed by atoms with Crippen LogP contribution in [0.4, 0.5) is 14.4 Å². The Hall–Kier alpha value is -15.4. The number of rotatable bonds is 13. The predicted molar refractivity (Wildman–Crippen MR) is 531 cm³/mol. The molecule has 20 rings (SSSR count). The highest BCUT2D eigenvalue weighted by Crippen LogP contribution is 2.49. The quantitative estimate of drug-likeness (QED) is 0.0406. The molecule has 141 heavy (non-hydrogen) atoms. The standard InChI is InChI=1S/C31H37N5O5.C25H27N5O3.C25H26N2O3.C20H19N5O.C7H6BNO2/c1-5-39-27(37)11-8-18-36-28(32-33-34-36)23-14-12-22(13-15-23)25-21-31(40-26-10-7-6-9-24(25)26)16-19-35(20-17-31)29(38)41-30(2,3)4;1-24(2,3)33-23(31)30-14-12-25(13-15-30)16-20(19-6-4-5-7-21(19)32-25)17-8-10-18(11-9-17)22-26-28-29-27-22;1-24(2,3)30-23(28)27-14-12-25(13-15-27)16-21(19-10-8-18(17-26)9-11-19)20-6-4-5-7-22(20)29-25;1-2-4-18-16(3-1)17(13-20(26-18)9-11-21-12-10-20)14-5-7-15(8-6-14)19-22-24-25-23-19;9-5-6-1-3-7(4-2-6)8(10)11/h6-7,9-10,12-15,21H,5,8,11,16-20H2,1-4H3;4-11,16H,12-15H2,1-3H3,(H,26,27,28,29);4-11,16H,12-15H2,1-3H3;1-8,13,21H,9-12H2,(H,22,23,24,25);1-4,10-11H. The Morgan fingerprint density at radius 3 is 1.04 bits per heavy atom. The molecule has 724 valence electrons. The van der Waals surface area contributed by atoms with Crippen molar-refractivity contribution in [2.45, 2.75) is 179 Å². The number of aromatic amines is 2. The van der Waals surface area contributed by atoms with Gasteiger partial charge in [0.2, 0.25) is 11.6 Å². The molecule has 4 fully saturated rings. The lowest BCUT2D eigenvalue weighted by molar-refractivity contribution is -0.143. The second-order valence-electron chi connectivity index (χ2n) is 38.7. The fourth-order valence-electron chi connectivity index (χ4n) is 18.0. The largest absolute Gasteiger partial charge is 0.488 e. The number of fused-ring (bicyclic) bond motifs is 4. The zero-order chi connectivity index (χ0) is 99.1. The molecule has 32 nitrogen and oxygen atoms in total. The monoisotopic (exact) mass is 1900 g/mol. The summed E-state index contributed by atoms with van der Waals surface area (Å²) < 4.78 is 49.4. The Bertz CT molecular complexity index is 6600. The summed E-state index contributed by atoms with van der Waals surface area (Å²) in [7, 11) is -1.46. The molecule has 11 heterocycles. The number of esters is 1. The zero-order valence-corrected chi connectivity index (χ0v) is 80.8. The first kappa shape index (κ1) is 98.6. The summed E-state index contributed by atoms with van der Waals surface area (Å²) in [6.07, 6.45) is 15.1. The van der Waals surface area contributed by atoms with Gasteiger partial charge >= 0.3 is 31.4 Å². The number of tetrazole rings is 3.